The summed E-state index contributed by atoms with van der Waals surface area (Å²) in [6, 6.07) is 3.13. The van der Waals surface area contributed by atoms with Gasteiger partial charge in [0.05, 0.1) is 12.8 Å². The van der Waals surface area contributed by atoms with Crippen molar-refractivity contribution in [2.24, 2.45) is 5.92 Å². The Bertz CT molecular complexity index is 526. The third-order valence-electron chi connectivity index (χ3n) is 4.84. The number of amides is 2. The van der Waals surface area contributed by atoms with Crippen LogP contribution < -0.4 is 10.6 Å². The normalized spacial score (nSPS) is 22.0. The Balaban J connectivity index is 1.78. The van der Waals surface area contributed by atoms with Crippen LogP contribution in [0.2, 0.25) is 0 Å². The molecule has 0 aromatic carbocycles. The van der Waals surface area contributed by atoms with Gasteiger partial charge in [-0.25, -0.2) is 4.79 Å². The lowest BCUT2D eigenvalue weighted by atomic mass is 9.93. The standard InChI is InChI=1S/C18H31N3O3/c1-14-7-5-9-21(11-14)17(2,3)12-19-16(22)20-13-18(4,23)15-8-6-10-24-15/h6,8,10,14,23H,5,7,9,11-13H2,1-4H3,(H2,19,20,22). The average Bonchev–Trinajstić information content (AvgIpc) is 3.06. The number of hydrogen-bond acceptors (Lipinski definition) is 4. The topological polar surface area (TPSA) is 77.7 Å². The number of hydrogen-bond donors (Lipinski definition) is 3. The minimum absolute atomic E-state index is 0.0877. The van der Waals surface area contributed by atoms with Crippen molar-refractivity contribution < 1.29 is 14.3 Å². The van der Waals surface area contributed by atoms with Crippen LogP contribution in [0.15, 0.2) is 22.8 Å². The zero-order valence-corrected chi connectivity index (χ0v) is 15.3. The zero-order valence-electron chi connectivity index (χ0n) is 15.3. The number of carbonyl (C=O) groups is 1. The van der Waals surface area contributed by atoms with Gasteiger partial charge in [0.15, 0.2) is 0 Å². The van der Waals surface area contributed by atoms with Crippen molar-refractivity contribution in [2.45, 2.75) is 51.7 Å². The molecule has 1 aliphatic heterocycles. The van der Waals surface area contributed by atoms with Gasteiger partial charge in [0.2, 0.25) is 0 Å². The predicted octanol–water partition coefficient (Wildman–Crippen LogP) is 2.30. The minimum Gasteiger partial charge on any atom is -0.466 e. The first-order chi connectivity index (χ1) is 11.2. The van der Waals surface area contributed by atoms with Crippen molar-refractivity contribution in [3.8, 4) is 0 Å². The Morgan fingerprint density at radius 3 is 2.71 bits per heavy atom. The van der Waals surface area contributed by atoms with Crippen LogP contribution in [0.25, 0.3) is 0 Å². The SMILES string of the molecule is CC1CCCN(C(C)(C)CNC(=O)NCC(C)(O)c2ccco2)C1. The lowest BCUT2D eigenvalue weighted by molar-refractivity contribution is 0.0363. The second-order valence-corrected chi connectivity index (χ2v) is 7.79. The Morgan fingerprint density at radius 1 is 1.38 bits per heavy atom. The molecule has 1 aliphatic rings. The number of aliphatic hydroxyl groups is 1. The van der Waals surface area contributed by atoms with E-state index in [1.54, 1.807) is 19.1 Å². The maximum atomic E-state index is 12.1. The first-order valence-corrected chi connectivity index (χ1v) is 8.74. The second-order valence-electron chi connectivity index (χ2n) is 7.79. The van der Waals surface area contributed by atoms with Gasteiger partial charge in [-0.2, -0.15) is 0 Å². The molecule has 1 saturated heterocycles. The molecule has 0 saturated carbocycles. The van der Waals surface area contributed by atoms with Gasteiger partial charge in [0.25, 0.3) is 0 Å². The first-order valence-electron chi connectivity index (χ1n) is 8.74. The predicted molar refractivity (Wildman–Crippen MR) is 93.7 cm³/mol. The molecule has 1 fully saturated rings. The summed E-state index contributed by atoms with van der Waals surface area (Å²) >= 11 is 0. The zero-order chi connectivity index (χ0) is 17.8. The molecule has 0 spiro atoms. The van der Waals surface area contributed by atoms with Crippen LogP contribution in [-0.4, -0.2) is 47.8 Å². The van der Waals surface area contributed by atoms with Crippen LogP contribution in [-0.2, 0) is 5.60 Å². The van der Waals surface area contributed by atoms with Gasteiger partial charge >= 0.3 is 6.03 Å². The molecule has 0 radical (unpaired) electrons. The van der Waals surface area contributed by atoms with Crippen LogP contribution in [0.5, 0.6) is 0 Å². The molecule has 0 bridgehead atoms. The van der Waals surface area contributed by atoms with Gasteiger partial charge in [-0.1, -0.05) is 6.92 Å². The average molecular weight is 337 g/mol. The molecule has 2 rings (SSSR count). The minimum atomic E-state index is -1.22. The molecule has 6 heteroatoms. The van der Waals surface area contributed by atoms with Gasteiger partial charge in [0, 0.05) is 18.6 Å². The summed E-state index contributed by atoms with van der Waals surface area (Å²) in [6.07, 6.45) is 4.00. The molecule has 6 nitrogen and oxygen atoms in total. The van der Waals surface area contributed by atoms with Crippen LogP contribution in [0, 0.1) is 5.92 Å². The Hall–Kier alpha value is -1.53. The highest BCUT2D eigenvalue weighted by Crippen LogP contribution is 2.23. The van der Waals surface area contributed by atoms with Crippen molar-refractivity contribution >= 4 is 6.03 Å². The summed E-state index contributed by atoms with van der Waals surface area (Å²) in [6.45, 7) is 11.0. The molecular weight excluding hydrogens is 306 g/mol. The van der Waals surface area contributed by atoms with E-state index >= 15 is 0 Å². The monoisotopic (exact) mass is 337 g/mol. The van der Waals surface area contributed by atoms with E-state index in [-0.39, 0.29) is 18.1 Å². The molecule has 2 atom stereocenters. The molecule has 2 amide bonds. The summed E-state index contributed by atoms with van der Waals surface area (Å²) < 4.78 is 5.21. The smallest absolute Gasteiger partial charge is 0.314 e. The van der Waals surface area contributed by atoms with E-state index in [9.17, 15) is 9.90 Å². The number of piperidine rings is 1. The van der Waals surface area contributed by atoms with Crippen LogP contribution in [0.1, 0.15) is 46.3 Å². The van der Waals surface area contributed by atoms with Crippen molar-refractivity contribution in [3.05, 3.63) is 24.2 Å². The third-order valence-corrected chi connectivity index (χ3v) is 4.84. The summed E-state index contributed by atoms with van der Waals surface area (Å²) in [5, 5.41) is 16.0. The fourth-order valence-corrected chi connectivity index (χ4v) is 3.13. The van der Waals surface area contributed by atoms with Gasteiger partial charge in [0.1, 0.15) is 11.4 Å². The fourth-order valence-electron chi connectivity index (χ4n) is 3.13. The molecule has 2 heterocycles. The van der Waals surface area contributed by atoms with E-state index in [0.717, 1.165) is 13.1 Å². The number of nitrogens with zero attached hydrogens (tertiary/aromatic N) is 1. The number of carbonyl (C=O) groups excluding carboxylic acids is 1. The van der Waals surface area contributed by atoms with Crippen LogP contribution in [0.3, 0.4) is 0 Å². The van der Waals surface area contributed by atoms with E-state index in [1.807, 2.05) is 0 Å². The van der Waals surface area contributed by atoms with E-state index in [1.165, 1.54) is 19.1 Å². The van der Waals surface area contributed by atoms with Gasteiger partial charge in [-0.15, -0.1) is 0 Å². The summed E-state index contributed by atoms with van der Waals surface area (Å²) in [7, 11) is 0. The largest absolute Gasteiger partial charge is 0.466 e. The highest BCUT2D eigenvalue weighted by Gasteiger charge is 2.31. The number of nitrogens with one attached hydrogen (secondary N) is 2. The quantitative estimate of drug-likeness (QED) is 0.744. The summed E-state index contributed by atoms with van der Waals surface area (Å²) in [4.78, 5) is 14.5. The van der Waals surface area contributed by atoms with Crippen LogP contribution in [0.4, 0.5) is 4.79 Å². The van der Waals surface area contributed by atoms with Crippen molar-refractivity contribution in [1.82, 2.24) is 15.5 Å². The molecule has 1 aromatic rings. The van der Waals surface area contributed by atoms with Gasteiger partial charge < -0.3 is 20.2 Å². The van der Waals surface area contributed by atoms with E-state index in [2.05, 4.69) is 36.3 Å². The first kappa shape index (κ1) is 18.8. The highest BCUT2D eigenvalue weighted by atomic mass is 16.4. The van der Waals surface area contributed by atoms with Crippen molar-refractivity contribution in [3.63, 3.8) is 0 Å². The maximum absolute atomic E-state index is 12.1. The Kier molecular flexibility index (Phi) is 5.93. The third kappa shape index (κ3) is 4.98. The molecular formula is C18H31N3O3. The molecule has 2 unspecified atom stereocenters. The molecule has 1 aromatic heterocycles. The van der Waals surface area contributed by atoms with Gasteiger partial charge in [-0.3, -0.25) is 4.90 Å². The molecule has 0 aliphatic carbocycles. The number of urea groups is 1. The lowest BCUT2D eigenvalue weighted by Gasteiger charge is -2.43. The van der Waals surface area contributed by atoms with E-state index in [0.29, 0.717) is 18.2 Å². The maximum Gasteiger partial charge on any atom is 0.314 e. The van der Waals surface area contributed by atoms with Crippen LogP contribution >= 0.6 is 0 Å². The van der Waals surface area contributed by atoms with E-state index in [4.69, 9.17) is 4.42 Å². The highest BCUT2D eigenvalue weighted by molar-refractivity contribution is 5.74. The lowest BCUT2D eigenvalue weighted by Crippen LogP contribution is -2.56. The number of likely N-dealkylation sites (tertiary alicyclic amines) is 1. The Labute approximate surface area is 144 Å². The number of rotatable bonds is 6. The van der Waals surface area contributed by atoms with Crippen molar-refractivity contribution in [2.75, 3.05) is 26.2 Å². The number of furan rings is 1. The van der Waals surface area contributed by atoms with Crippen molar-refractivity contribution in [1.29, 1.82) is 0 Å². The molecule has 136 valence electrons. The Morgan fingerprint density at radius 2 is 2.08 bits per heavy atom. The molecule has 24 heavy (non-hydrogen) atoms. The second kappa shape index (κ2) is 7.57. The van der Waals surface area contributed by atoms with E-state index < -0.39 is 5.60 Å². The summed E-state index contributed by atoms with van der Waals surface area (Å²) in [5.41, 5.74) is -1.31. The molecule has 3 N–H and O–H groups in total. The fraction of sp³-hybridized carbons (Fsp3) is 0.722. The van der Waals surface area contributed by atoms with Gasteiger partial charge in [-0.05, 0) is 58.2 Å². The summed E-state index contributed by atoms with van der Waals surface area (Å²) in [5.74, 6) is 1.14.